The van der Waals surface area contributed by atoms with Gasteiger partial charge in [0.05, 0.1) is 0 Å². The van der Waals surface area contributed by atoms with Crippen LogP contribution < -0.4 is 14.8 Å². The quantitative estimate of drug-likeness (QED) is 0.887. The first-order valence-electron chi connectivity index (χ1n) is 7.94. The lowest BCUT2D eigenvalue weighted by Gasteiger charge is -2.36. The molecule has 0 radical (unpaired) electrons. The number of rotatable bonds is 4. The summed E-state index contributed by atoms with van der Waals surface area (Å²) in [4.78, 5) is 2.12. The molecule has 3 rings (SSSR count). The highest BCUT2D eigenvalue weighted by molar-refractivity contribution is 5.85. The zero-order valence-electron chi connectivity index (χ0n) is 13.3. The van der Waals surface area contributed by atoms with Gasteiger partial charge in [0, 0.05) is 38.6 Å². The van der Waals surface area contributed by atoms with Gasteiger partial charge in [-0.1, -0.05) is 6.07 Å². The van der Waals surface area contributed by atoms with Crippen LogP contribution in [0.2, 0.25) is 0 Å². The molecule has 136 valence electrons. The minimum absolute atomic E-state index is 0. The standard InChI is InChI=1S/C16H21F3N2O2.ClH/c17-16(18,19)4-3-13(21-7-5-20-6-8-21)12-1-2-14-15(11-12)23-10-9-22-14;/h1-2,11,13,20H,3-10H2;1H/t13-;/m1./s1. The van der Waals surface area contributed by atoms with E-state index in [-0.39, 0.29) is 24.9 Å². The second-order valence-electron chi connectivity index (χ2n) is 5.86. The third kappa shape index (κ3) is 4.91. The van der Waals surface area contributed by atoms with E-state index in [0.717, 1.165) is 31.7 Å². The second-order valence-corrected chi connectivity index (χ2v) is 5.86. The van der Waals surface area contributed by atoms with Crippen LogP contribution in [0.4, 0.5) is 13.2 Å². The summed E-state index contributed by atoms with van der Waals surface area (Å²) >= 11 is 0. The number of nitrogens with zero attached hydrogens (tertiary/aromatic N) is 1. The fourth-order valence-electron chi connectivity index (χ4n) is 3.12. The van der Waals surface area contributed by atoms with E-state index in [0.29, 0.717) is 24.7 Å². The molecule has 1 aromatic carbocycles. The summed E-state index contributed by atoms with van der Waals surface area (Å²) in [7, 11) is 0. The molecular weight excluding hydrogens is 345 g/mol. The number of benzene rings is 1. The minimum Gasteiger partial charge on any atom is -0.486 e. The van der Waals surface area contributed by atoms with Crippen LogP contribution >= 0.6 is 12.4 Å². The highest BCUT2D eigenvalue weighted by Gasteiger charge is 2.31. The van der Waals surface area contributed by atoms with Gasteiger partial charge >= 0.3 is 6.18 Å². The minimum atomic E-state index is -4.14. The van der Waals surface area contributed by atoms with Crippen molar-refractivity contribution in [2.24, 2.45) is 0 Å². The number of nitrogens with one attached hydrogen (secondary N) is 1. The SMILES string of the molecule is Cl.FC(F)(F)CC[C@H](c1ccc2c(c1)OCCO2)N1CCNCC1. The van der Waals surface area contributed by atoms with E-state index in [1.807, 2.05) is 12.1 Å². The third-order valence-electron chi connectivity index (χ3n) is 4.24. The topological polar surface area (TPSA) is 33.7 Å². The summed E-state index contributed by atoms with van der Waals surface area (Å²) in [6.07, 6.45) is -4.86. The zero-order valence-corrected chi connectivity index (χ0v) is 14.1. The van der Waals surface area contributed by atoms with Gasteiger partial charge in [-0.2, -0.15) is 13.2 Å². The highest BCUT2D eigenvalue weighted by atomic mass is 35.5. The summed E-state index contributed by atoms with van der Waals surface area (Å²) in [5.41, 5.74) is 0.861. The first kappa shape index (κ1) is 19.1. The largest absolute Gasteiger partial charge is 0.486 e. The number of fused-ring (bicyclic) bond motifs is 1. The van der Waals surface area contributed by atoms with Crippen molar-refractivity contribution in [3.63, 3.8) is 0 Å². The lowest BCUT2D eigenvalue weighted by molar-refractivity contribution is -0.138. The van der Waals surface area contributed by atoms with Crippen molar-refractivity contribution in [1.82, 2.24) is 10.2 Å². The molecule has 2 aliphatic heterocycles. The highest BCUT2D eigenvalue weighted by Crippen LogP contribution is 2.37. The van der Waals surface area contributed by atoms with E-state index in [4.69, 9.17) is 9.47 Å². The van der Waals surface area contributed by atoms with E-state index in [1.165, 1.54) is 0 Å². The Labute approximate surface area is 145 Å². The Kier molecular flexibility index (Phi) is 6.60. The number of hydrogen-bond acceptors (Lipinski definition) is 4. The number of ether oxygens (including phenoxy) is 2. The van der Waals surface area contributed by atoms with Crippen molar-refractivity contribution < 1.29 is 22.6 Å². The number of alkyl halides is 3. The molecule has 0 unspecified atom stereocenters. The molecule has 24 heavy (non-hydrogen) atoms. The van der Waals surface area contributed by atoms with Gasteiger partial charge in [0.25, 0.3) is 0 Å². The smallest absolute Gasteiger partial charge is 0.389 e. The molecule has 0 bridgehead atoms. The summed E-state index contributed by atoms with van der Waals surface area (Å²) < 4.78 is 49.1. The fourth-order valence-corrected chi connectivity index (χ4v) is 3.12. The Morgan fingerprint density at radius 3 is 2.42 bits per heavy atom. The van der Waals surface area contributed by atoms with Crippen LogP contribution in [0.5, 0.6) is 11.5 Å². The van der Waals surface area contributed by atoms with E-state index in [9.17, 15) is 13.2 Å². The van der Waals surface area contributed by atoms with E-state index in [1.54, 1.807) is 6.07 Å². The van der Waals surface area contributed by atoms with Gasteiger partial charge in [0.1, 0.15) is 13.2 Å². The normalized spacial score (nSPS) is 19.5. The molecule has 4 nitrogen and oxygen atoms in total. The first-order chi connectivity index (χ1) is 11.0. The predicted molar refractivity (Wildman–Crippen MR) is 87.2 cm³/mol. The van der Waals surface area contributed by atoms with Crippen molar-refractivity contribution in [3.05, 3.63) is 23.8 Å². The zero-order chi connectivity index (χ0) is 16.3. The van der Waals surface area contributed by atoms with Gasteiger partial charge in [-0.3, -0.25) is 4.90 Å². The summed E-state index contributed by atoms with van der Waals surface area (Å²) in [5, 5.41) is 3.23. The molecule has 1 atom stereocenters. The Hall–Kier alpha value is -1.18. The molecule has 2 aliphatic rings. The molecule has 0 saturated carbocycles. The number of piperazine rings is 1. The van der Waals surface area contributed by atoms with E-state index in [2.05, 4.69) is 10.2 Å². The molecule has 1 aromatic rings. The molecule has 1 N–H and O–H groups in total. The van der Waals surface area contributed by atoms with Crippen LogP contribution in [-0.2, 0) is 0 Å². The molecule has 0 aromatic heterocycles. The molecule has 0 amide bonds. The number of halogens is 4. The van der Waals surface area contributed by atoms with Gasteiger partial charge in [0.2, 0.25) is 0 Å². The van der Waals surface area contributed by atoms with Crippen LogP contribution in [0.25, 0.3) is 0 Å². The van der Waals surface area contributed by atoms with Crippen LogP contribution in [-0.4, -0.2) is 50.5 Å². The fraction of sp³-hybridized carbons (Fsp3) is 0.625. The average Bonchev–Trinajstić information content (AvgIpc) is 2.55. The molecule has 1 fully saturated rings. The average molecular weight is 367 g/mol. The van der Waals surface area contributed by atoms with Crippen molar-refractivity contribution in [3.8, 4) is 11.5 Å². The summed E-state index contributed by atoms with van der Waals surface area (Å²) in [6.45, 7) is 4.06. The lowest BCUT2D eigenvalue weighted by Crippen LogP contribution is -2.45. The molecule has 1 saturated heterocycles. The molecule has 8 heteroatoms. The van der Waals surface area contributed by atoms with Crippen LogP contribution in [0, 0.1) is 0 Å². The van der Waals surface area contributed by atoms with Gasteiger partial charge < -0.3 is 14.8 Å². The van der Waals surface area contributed by atoms with Crippen molar-refractivity contribution in [1.29, 1.82) is 0 Å². The van der Waals surface area contributed by atoms with Crippen molar-refractivity contribution in [2.75, 3.05) is 39.4 Å². The van der Waals surface area contributed by atoms with Gasteiger partial charge in [-0.25, -0.2) is 0 Å². The number of hydrogen-bond donors (Lipinski definition) is 1. The lowest BCUT2D eigenvalue weighted by atomic mass is 9.98. The van der Waals surface area contributed by atoms with E-state index >= 15 is 0 Å². The first-order valence-corrected chi connectivity index (χ1v) is 7.94. The molecule has 0 spiro atoms. The Morgan fingerprint density at radius 2 is 1.75 bits per heavy atom. The van der Waals surface area contributed by atoms with Gasteiger partial charge in [-0.05, 0) is 24.1 Å². The molecular formula is C16H22ClF3N2O2. The van der Waals surface area contributed by atoms with Crippen LogP contribution in [0.3, 0.4) is 0 Å². The van der Waals surface area contributed by atoms with Crippen molar-refractivity contribution in [2.45, 2.75) is 25.1 Å². The Balaban J connectivity index is 0.00000208. The Morgan fingerprint density at radius 1 is 1.08 bits per heavy atom. The Bertz CT molecular complexity index is 537. The maximum absolute atomic E-state index is 12.7. The maximum atomic E-state index is 12.7. The van der Waals surface area contributed by atoms with Gasteiger partial charge in [0.15, 0.2) is 11.5 Å². The second kappa shape index (κ2) is 8.27. The van der Waals surface area contributed by atoms with Crippen molar-refractivity contribution >= 4 is 12.4 Å². The summed E-state index contributed by atoms with van der Waals surface area (Å²) in [6, 6.07) is 5.23. The van der Waals surface area contributed by atoms with E-state index < -0.39 is 12.6 Å². The van der Waals surface area contributed by atoms with Crippen LogP contribution in [0.15, 0.2) is 18.2 Å². The maximum Gasteiger partial charge on any atom is 0.389 e. The third-order valence-corrected chi connectivity index (χ3v) is 4.24. The molecule has 2 heterocycles. The van der Waals surface area contributed by atoms with Crippen LogP contribution in [0.1, 0.15) is 24.4 Å². The monoisotopic (exact) mass is 366 g/mol. The summed E-state index contributed by atoms with van der Waals surface area (Å²) in [5.74, 6) is 1.29. The predicted octanol–water partition coefficient (Wildman–Crippen LogP) is 3.17. The molecule has 0 aliphatic carbocycles. The van der Waals surface area contributed by atoms with Gasteiger partial charge in [-0.15, -0.1) is 12.4 Å².